The van der Waals surface area contributed by atoms with Crippen molar-refractivity contribution in [3.8, 4) is 11.1 Å². The van der Waals surface area contributed by atoms with Crippen LogP contribution in [-0.2, 0) is 12.8 Å². The van der Waals surface area contributed by atoms with Crippen LogP contribution in [0.4, 0.5) is 11.6 Å². The Kier molecular flexibility index (Phi) is 3.65. The molecular formula is C20H20N4. The molecule has 4 rings (SSSR count). The topological polar surface area (TPSA) is 63.8 Å². The summed E-state index contributed by atoms with van der Waals surface area (Å²) < 4.78 is 0. The maximum atomic E-state index is 5.89. The summed E-state index contributed by atoms with van der Waals surface area (Å²) in [4.78, 5) is 8.98. The largest absolute Gasteiger partial charge is 0.399 e. The van der Waals surface area contributed by atoms with Gasteiger partial charge in [-0.2, -0.15) is 0 Å². The van der Waals surface area contributed by atoms with Crippen molar-refractivity contribution >= 4 is 11.6 Å². The number of nitrogens with zero attached hydrogens (tertiary/aromatic N) is 2. The highest BCUT2D eigenvalue weighted by atomic mass is 15.1. The molecule has 0 fully saturated rings. The predicted octanol–water partition coefficient (Wildman–Crippen LogP) is 3.61. The summed E-state index contributed by atoms with van der Waals surface area (Å²) in [5.41, 5.74) is 12.7. The number of nitrogens with two attached hydrogens (primary N) is 1. The van der Waals surface area contributed by atoms with Crippen molar-refractivity contribution in [3.63, 3.8) is 0 Å². The Bertz CT molecular complexity index is 846. The zero-order valence-electron chi connectivity index (χ0n) is 13.7. The van der Waals surface area contributed by atoms with Crippen LogP contribution >= 0.6 is 0 Å². The Balaban J connectivity index is 1.50. The zero-order valence-corrected chi connectivity index (χ0v) is 13.7. The molecule has 24 heavy (non-hydrogen) atoms. The molecule has 1 aromatic heterocycles. The molecule has 4 nitrogen and oxygen atoms in total. The van der Waals surface area contributed by atoms with E-state index in [1.54, 1.807) is 0 Å². The normalized spacial score (nSPS) is 13.7. The van der Waals surface area contributed by atoms with E-state index < -0.39 is 0 Å². The fourth-order valence-corrected chi connectivity index (χ4v) is 3.34. The first kappa shape index (κ1) is 14.7. The van der Waals surface area contributed by atoms with E-state index >= 15 is 0 Å². The van der Waals surface area contributed by atoms with E-state index in [9.17, 15) is 0 Å². The minimum absolute atomic E-state index is 0.363. The van der Waals surface area contributed by atoms with Crippen LogP contribution in [0.5, 0.6) is 0 Å². The van der Waals surface area contributed by atoms with Gasteiger partial charge in [-0.25, -0.2) is 9.97 Å². The van der Waals surface area contributed by atoms with Crippen molar-refractivity contribution in [2.24, 2.45) is 0 Å². The van der Waals surface area contributed by atoms with Gasteiger partial charge in [-0.3, -0.25) is 0 Å². The molecule has 2 aromatic carbocycles. The third kappa shape index (κ3) is 2.83. The predicted molar refractivity (Wildman–Crippen MR) is 97.9 cm³/mol. The smallest absolute Gasteiger partial charge is 0.222 e. The lowest BCUT2D eigenvalue weighted by Crippen LogP contribution is -2.20. The zero-order chi connectivity index (χ0) is 16.5. The lowest BCUT2D eigenvalue weighted by Gasteiger charge is -2.12. The minimum Gasteiger partial charge on any atom is -0.399 e. The van der Waals surface area contributed by atoms with Crippen molar-refractivity contribution in [1.82, 2.24) is 9.97 Å². The Morgan fingerprint density at radius 3 is 2.33 bits per heavy atom. The summed E-state index contributed by atoms with van der Waals surface area (Å²) in [5.74, 6) is 0.679. The molecule has 0 aliphatic heterocycles. The fourth-order valence-electron chi connectivity index (χ4n) is 3.34. The molecule has 0 saturated carbocycles. The average Bonchev–Trinajstić information content (AvgIpc) is 3.00. The third-order valence-corrected chi connectivity index (χ3v) is 4.61. The van der Waals surface area contributed by atoms with Gasteiger partial charge in [0.1, 0.15) is 0 Å². The summed E-state index contributed by atoms with van der Waals surface area (Å²) in [7, 11) is 0. The van der Waals surface area contributed by atoms with Crippen LogP contribution in [-0.4, -0.2) is 16.0 Å². The van der Waals surface area contributed by atoms with Crippen LogP contribution in [0.2, 0.25) is 0 Å². The molecule has 0 amide bonds. The SMILES string of the molecule is Cc1ccc(N)cc1-c1cnc(NC2Cc3ccccc3C2)nc1. The second-order valence-electron chi connectivity index (χ2n) is 6.39. The third-order valence-electron chi connectivity index (χ3n) is 4.61. The van der Waals surface area contributed by atoms with Crippen molar-refractivity contribution in [3.05, 3.63) is 71.5 Å². The van der Waals surface area contributed by atoms with Gasteiger partial charge in [0, 0.05) is 29.7 Å². The highest BCUT2D eigenvalue weighted by Crippen LogP contribution is 2.26. The Morgan fingerprint density at radius 2 is 1.67 bits per heavy atom. The summed E-state index contributed by atoms with van der Waals surface area (Å²) in [6, 6.07) is 14.9. The molecule has 0 spiro atoms. The lowest BCUT2D eigenvalue weighted by molar-refractivity contribution is 0.762. The Hall–Kier alpha value is -2.88. The minimum atomic E-state index is 0.363. The summed E-state index contributed by atoms with van der Waals surface area (Å²) in [5, 5.41) is 3.45. The number of fused-ring (bicyclic) bond motifs is 1. The highest BCUT2D eigenvalue weighted by Gasteiger charge is 2.21. The van der Waals surface area contributed by atoms with E-state index in [-0.39, 0.29) is 0 Å². The van der Waals surface area contributed by atoms with E-state index in [0.29, 0.717) is 12.0 Å². The second kappa shape index (κ2) is 5.96. The monoisotopic (exact) mass is 316 g/mol. The van der Waals surface area contributed by atoms with Crippen molar-refractivity contribution in [1.29, 1.82) is 0 Å². The number of hydrogen-bond acceptors (Lipinski definition) is 4. The number of benzene rings is 2. The van der Waals surface area contributed by atoms with Gasteiger partial charge in [-0.1, -0.05) is 30.3 Å². The molecule has 1 heterocycles. The maximum absolute atomic E-state index is 5.89. The van der Waals surface area contributed by atoms with Crippen LogP contribution in [0.3, 0.4) is 0 Å². The van der Waals surface area contributed by atoms with Crippen LogP contribution in [0.1, 0.15) is 16.7 Å². The van der Waals surface area contributed by atoms with Gasteiger partial charge in [0.15, 0.2) is 0 Å². The molecule has 120 valence electrons. The van der Waals surface area contributed by atoms with Gasteiger partial charge >= 0.3 is 0 Å². The first-order valence-corrected chi connectivity index (χ1v) is 8.21. The first-order chi connectivity index (χ1) is 11.7. The van der Waals surface area contributed by atoms with Crippen LogP contribution in [0.15, 0.2) is 54.9 Å². The second-order valence-corrected chi connectivity index (χ2v) is 6.39. The number of hydrogen-bond donors (Lipinski definition) is 2. The quantitative estimate of drug-likeness (QED) is 0.725. The van der Waals surface area contributed by atoms with E-state index in [1.165, 1.54) is 16.7 Å². The van der Waals surface area contributed by atoms with Gasteiger partial charge in [-0.15, -0.1) is 0 Å². The highest BCUT2D eigenvalue weighted by molar-refractivity contribution is 5.69. The first-order valence-electron chi connectivity index (χ1n) is 8.21. The Labute approximate surface area is 141 Å². The molecule has 0 unspecified atom stereocenters. The van der Waals surface area contributed by atoms with E-state index in [4.69, 9.17) is 5.73 Å². The number of aromatic nitrogens is 2. The van der Waals surface area contributed by atoms with Gasteiger partial charge in [0.05, 0.1) is 0 Å². The molecule has 0 bridgehead atoms. The molecule has 0 saturated heterocycles. The number of nitrogens with one attached hydrogen (secondary N) is 1. The average molecular weight is 316 g/mol. The van der Waals surface area contributed by atoms with Crippen molar-refractivity contribution in [2.75, 3.05) is 11.1 Å². The lowest BCUT2D eigenvalue weighted by atomic mass is 10.0. The number of rotatable bonds is 3. The maximum Gasteiger partial charge on any atom is 0.222 e. The molecule has 4 heteroatoms. The van der Waals surface area contributed by atoms with E-state index in [2.05, 4.69) is 46.5 Å². The van der Waals surface area contributed by atoms with Gasteiger partial charge in [0.2, 0.25) is 5.95 Å². The number of aryl methyl sites for hydroxylation is 1. The fraction of sp³-hybridized carbons (Fsp3) is 0.200. The standard InChI is InChI=1S/C20H20N4/c1-13-6-7-17(21)10-19(13)16-11-22-20(23-12-16)24-18-8-14-4-2-3-5-15(14)9-18/h2-7,10-12,18H,8-9,21H2,1H3,(H,22,23,24). The molecule has 3 aromatic rings. The van der Waals surface area contributed by atoms with Gasteiger partial charge < -0.3 is 11.1 Å². The van der Waals surface area contributed by atoms with Crippen LogP contribution in [0.25, 0.3) is 11.1 Å². The molecular weight excluding hydrogens is 296 g/mol. The molecule has 1 aliphatic rings. The summed E-state index contributed by atoms with van der Waals surface area (Å²) in [6.45, 7) is 2.07. The van der Waals surface area contributed by atoms with Crippen LogP contribution < -0.4 is 11.1 Å². The number of nitrogen functional groups attached to an aromatic ring is 1. The molecule has 0 atom stereocenters. The molecule has 0 radical (unpaired) electrons. The number of anilines is 2. The van der Waals surface area contributed by atoms with Crippen molar-refractivity contribution < 1.29 is 0 Å². The van der Waals surface area contributed by atoms with E-state index in [0.717, 1.165) is 29.7 Å². The van der Waals surface area contributed by atoms with E-state index in [1.807, 2.05) is 30.6 Å². The Morgan fingerprint density at radius 1 is 1.00 bits per heavy atom. The van der Waals surface area contributed by atoms with Gasteiger partial charge in [0.25, 0.3) is 0 Å². The van der Waals surface area contributed by atoms with Crippen LogP contribution in [0, 0.1) is 6.92 Å². The van der Waals surface area contributed by atoms with Crippen molar-refractivity contribution in [2.45, 2.75) is 25.8 Å². The van der Waals surface area contributed by atoms with Gasteiger partial charge in [-0.05, 0) is 54.2 Å². The summed E-state index contributed by atoms with van der Waals surface area (Å²) >= 11 is 0. The summed E-state index contributed by atoms with van der Waals surface area (Å²) in [6.07, 6.45) is 5.77. The molecule has 3 N–H and O–H groups in total. The molecule has 1 aliphatic carbocycles.